The van der Waals surface area contributed by atoms with Crippen LogP contribution >= 0.6 is 11.3 Å². The van der Waals surface area contributed by atoms with Gasteiger partial charge in [-0.3, -0.25) is 14.2 Å². The molecule has 0 radical (unpaired) electrons. The number of benzene rings is 1. The Balaban J connectivity index is 1.59. The molecule has 0 saturated carbocycles. The average molecular weight is 426 g/mol. The van der Waals surface area contributed by atoms with Crippen LogP contribution in [0.4, 0.5) is 5.13 Å². The van der Waals surface area contributed by atoms with Crippen molar-refractivity contribution >= 4 is 32.7 Å². The lowest BCUT2D eigenvalue weighted by molar-refractivity contribution is -0.123. The van der Waals surface area contributed by atoms with Crippen molar-refractivity contribution in [3.05, 3.63) is 51.6 Å². The highest BCUT2D eigenvalue weighted by atomic mass is 32.1. The number of rotatable bonds is 5. The van der Waals surface area contributed by atoms with E-state index in [2.05, 4.69) is 15.3 Å². The predicted octanol–water partition coefficient (Wildman–Crippen LogP) is 2.94. The number of aromatic nitrogens is 3. The van der Waals surface area contributed by atoms with E-state index >= 15 is 0 Å². The highest BCUT2D eigenvalue weighted by molar-refractivity contribution is 7.21. The Morgan fingerprint density at radius 3 is 2.83 bits per heavy atom. The van der Waals surface area contributed by atoms with Gasteiger partial charge in [0.1, 0.15) is 11.9 Å². The van der Waals surface area contributed by atoms with Gasteiger partial charge in [-0.05, 0) is 37.3 Å². The van der Waals surface area contributed by atoms with E-state index in [0.29, 0.717) is 28.4 Å². The fraction of sp³-hybridized carbons (Fsp3) is 0.455. The maximum Gasteiger partial charge on any atom is 0.280 e. The molecule has 2 aromatic heterocycles. The van der Waals surface area contributed by atoms with Gasteiger partial charge < -0.3 is 10.2 Å². The van der Waals surface area contributed by atoms with Gasteiger partial charge in [0.15, 0.2) is 15.5 Å². The third kappa shape index (κ3) is 3.84. The zero-order chi connectivity index (χ0) is 21.3. The summed E-state index contributed by atoms with van der Waals surface area (Å²) in [6, 6.07) is 7.79. The zero-order valence-corrected chi connectivity index (χ0v) is 18.5. The second-order valence-corrected chi connectivity index (χ2v) is 8.70. The predicted molar refractivity (Wildman–Crippen MR) is 120 cm³/mol. The van der Waals surface area contributed by atoms with E-state index in [1.807, 2.05) is 43.0 Å². The van der Waals surface area contributed by atoms with Crippen LogP contribution in [0, 0.1) is 6.92 Å². The summed E-state index contributed by atoms with van der Waals surface area (Å²) < 4.78 is 1.56. The molecule has 1 amide bonds. The largest absolute Gasteiger partial charge is 0.350 e. The van der Waals surface area contributed by atoms with Crippen LogP contribution < -0.4 is 15.8 Å². The number of carbonyl (C=O) groups is 1. The Bertz CT molecular complexity index is 1140. The molecule has 3 heterocycles. The van der Waals surface area contributed by atoms with Crippen LogP contribution in [0.15, 0.2) is 29.1 Å². The molecule has 7 nitrogen and oxygen atoms in total. The topological polar surface area (TPSA) is 80.1 Å². The molecule has 1 unspecified atom stereocenters. The maximum absolute atomic E-state index is 13.0. The fourth-order valence-corrected chi connectivity index (χ4v) is 4.99. The Kier molecular flexibility index (Phi) is 5.85. The molecule has 8 heteroatoms. The Labute approximate surface area is 179 Å². The van der Waals surface area contributed by atoms with Gasteiger partial charge in [0.05, 0.1) is 0 Å². The molecule has 1 saturated heterocycles. The van der Waals surface area contributed by atoms with Crippen molar-refractivity contribution < 1.29 is 4.79 Å². The minimum absolute atomic E-state index is 0.00678. The van der Waals surface area contributed by atoms with Gasteiger partial charge in [-0.1, -0.05) is 42.5 Å². The van der Waals surface area contributed by atoms with Crippen LogP contribution in [-0.2, 0) is 24.8 Å². The summed E-state index contributed by atoms with van der Waals surface area (Å²) in [4.78, 5) is 37.6. The lowest BCUT2D eigenvalue weighted by Gasteiger charge is -2.34. The van der Waals surface area contributed by atoms with Crippen molar-refractivity contribution in [2.24, 2.45) is 7.05 Å². The lowest BCUT2D eigenvalue weighted by Crippen LogP contribution is -2.49. The number of nitrogens with one attached hydrogen (secondary N) is 1. The molecule has 1 aromatic carbocycles. The van der Waals surface area contributed by atoms with Gasteiger partial charge in [0.2, 0.25) is 5.91 Å². The molecule has 0 bridgehead atoms. The number of thiazole rings is 1. The molecule has 158 valence electrons. The van der Waals surface area contributed by atoms with E-state index in [1.54, 1.807) is 11.6 Å². The van der Waals surface area contributed by atoms with Gasteiger partial charge in [-0.2, -0.15) is 0 Å². The number of hydrogen-bond donors (Lipinski definition) is 1. The molecule has 30 heavy (non-hydrogen) atoms. The van der Waals surface area contributed by atoms with Crippen LogP contribution in [0.5, 0.6) is 0 Å². The summed E-state index contributed by atoms with van der Waals surface area (Å²) >= 11 is 1.40. The first-order valence-electron chi connectivity index (χ1n) is 10.4. The molecule has 1 N–H and O–H groups in total. The van der Waals surface area contributed by atoms with Crippen molar-refractivity contribution in [1.82, 2.24) is 19.9 Å². The Morgan fingerprint density at radius 1 is 1.27 bits per heavy atom. The fourth-order valence-electron chi connectivity index (χ4n) is 3.97. The van der Waals surface area contributed by atoms with Crippen LogP contribution in [0.3, 0.4) is 0 Å². The van der Waals surface area contributed by atoms with E-state index in [0.717, 1.165) is 42.8 Å². The highest BCUT2D eigenvalue weighted by Gasteiger charge is 2.31. The van der Waals surface area contributed by atoms with Gasteiger partial charge in [-0.15, -0.1) is 0 Å². The van der Waals surface area contributed by atoms with Crippen LogP contribution in [0.1, 0.15) is 43.1 Å². The van der Waals surface area contributed by atoms with Crippen LogP contribution in [0.25, 0.3) is 10.3 Å². The van der Waals surface area contributed by atoms with Gasteiger partial charge in [-0.25, -0.2) is 9.97 Å². The molecule has 0 aliphatic carbocycles. The summed E-state index contributed by atoms with van der Waals surface area (Å²) in [5.74, 6) is 0.751. The van der Waals surface area contributed by atoms with E-state index in [1.165, 1.54) is 11.3 Å². The Hall–Kier alpha value is -2.74. The average Bonchev–Trinajstić information content (AvgIpc) is 3.19. The minimum atomic E-state index is -0.280. The molecule has 3 aromatic rings. The van der Waals surface area contributed by atoms with Crippen molar-refractivity contribution in [2.45, 2.75) is 52.1 Å². The highest BCUT2D eigenvalue weighted by Crippen LogP contribution is 2.31. The Morgan fingerprint density at radius 2 is 2.07 bits per heavy atom. The third-order valence-electron chi connectivity index (χ3n) is 5.80. The summed E-state index contributed by atoms with van der Waals surface area (Å²) in [5.41, 5.74) is 2.54. The minimum Gasteiger partial charge on any atom is -0.350 e. The summed E-state index contributed by atoms with van der Waals surface area (Å²) in [6.07, 6.45) is 3.47. The lowest BCUT2D eigenvalue weighted by atomic mass is 10.0. The number of amides is 1. The number of fused-ring (bicyclic) bond motifs is 1. The second kappa shape index (κ2) is 8.55. The van der Waals surface area contributed by atoms with Crippen molar-refractivity contribution in [3.63, 3.8) is 0 Å². The molecule has 4 rings (SSSR count). The van der Waals surface area contributed by atoms with E-state index in [4.69, 9.17) is 0 Å². The summed E-state index contributed by atoms with van der Waals surface area (Å²) in [5, 5.41) is 3.80. The standard InChI is InChI=1S/C22H27N5O2S/c1-4-17-24-20-18(21(29)26(17)3)25-22(30-20)27-12-8-7-11-16(27)19(28)23-13-15-10-6-5-9-14(15)2/h5-6,9-10,16H,4,7-8,11-13H2,1-3H3,(H,23,28). The van der Waals surface area contributed by atoms with Gasteiger partial charge in [0, 0.05) is 26.6 Å². The normalized spacial score (nSPS) is 16.8. The van der Waals surface area contributed by atoms with Crippen LogP contribution in [0.2, 0.25) is 0 Å². The van der Waals surface area contributed by atoms with E-state index in [-0.39, 0.29) is 17.5 Å². The molecule has 1 atom stereocenters. The first-order chi connectivity index (χ1) is 14.5. The number of nitrogens with zero attached hydrogens (tertiary/aromatic N) is 4. The van der Waals surface area contributed by atoms with Crippen LogP contribution in [-0.4, -0.2) is 33.0 Å². The number of carbonyl (C=O) groups excluding carboxylic acids is 1. The number of hydrogen-bond acceptors (Lipinski definition) is 6. The SMILES string of the molecule is CCc1nc2sc(N3CCCCC3C(=O)NCc3ccccc3C)nc2c(=O)n1C. The van der Waals surface area contributed by atoms with E-state index < -0.39 is 0 Å². The first-order valence-corrected chi connectivity index (χ1v) is 11.3. The third-order valence-corrected chi connectivity index (χ3v) is 6.79. The zero-order valence-electron chi connectivity index (χ0n) is 17.6. The first kappa shape index (κ1) is 20.5. The number of aryl methyl sites for hydroxylation is 2. The molecular weight excluding hydrogens is 398 g/mol. The van der Waals surface area contributed by atoms with Gasteiger partial charge >= 0.3 is 0 Å². The molecule has 0 spiro atoms. The number of anilines is 1. The number of piperidine rings is 1. The maximum atomic E-state index is 13.0. The molecule has 1 aliphatic heterocycles. The molecule has 1 aliphatic rings. The van der Waals surface area contributed by atoms with Crippen molar-refractivity contribution in [3.8, 4) is 0 Å². The van der Waals surface area contributed by atoms with Crippen molar-refractivity contribution in [1.29, 1.82) is 0 Å². The molecule has 1 fully saturated rings. The van der Waals surface area contributed by atoms with Crippen molar-refractivity contribution in [2.75, 3.05) is 11.4 Å². The second-order valence-electron chi connectivity index (χ2n) is 7.75. The summed E-state index contributed by atoms with van der Waals surface area (Å²) in [7, 11) is 1.73. The smallest absolute Gasteiger partial charge is 0.280 e. The monoisotopic (exact) mass is 425 g/mol. The van der Waals surface area contributed by atoms with E-state index in [9.17, 15) is 9.59 Å². The molecular formula is C22H27N5O2S. The quantitative estimate of drug-likeness (QED) is 0.680. The summed E-state index contributed by atoms with van der Waals surface area (Å²) in [6.45, 7) is 5.30. The van der Waals surface area contributed by atoms with Gasteiger partial charge in [0.25, 0.3) is 5.56 Å².